The van der Waals surface area contributed by atoms with Crippen LogP contribution in [0, 0.1) is 0 Å². The fraction of sp³-hybridized carbons (Fsp3) is 0.273. The molecule has 7 heteroatoms. The Morgan fingerprint density at radius 2 is 2.03 bits per heavy atom. The van der Waals surface area contributed by atoms with Gasteiger partial charge in [-0.05, 0) is 23.6 Å². The van der Waals surface area contributed by atoms with Crippen LogP contribution in [0.2, 0.25) is 0 Å². The van der Waals surface area contributed by atoms with Gasteiger partial charge in [-0.1, -0.05) is 42.5 Å². The number of nitrogen functional groups attached to an aromatic ring is 1. The van der Waals surface area contributed by atoms with Crippen LogP contribution in [0.4, 0.5) is 5.82 Å². The fourth-order valence-electron chi connectivity index (χ4n) is 4.09. The summed E-state index contributed by atoms with van der Waals surface area (Å²) >= 11 is 0. The lowest BCUT2D eigenvalue weighted by molar-refractivity contribution is 0.0292. The first-order chi connectivity index (χ1) is 14.2. The van der Waals surface area contributed by atoms with Gasteiger partial charge in [0.15, 0.2) is 0 Å². The van der Waals surface area contributed by atoms with E-state index >= 15 is 0 Å². The van der Waals surface area contributed by atoms with Gasteiger partial charge in [0.05, 0.1) is 30.3 Å². The van der Waals surface area contributed by atoms with Gasteiger partial charge >= 0.3 is 5.69 Å². The lowest BCUT2D eigenvalue weighted by atomic mass is 10.0. The van der Waals surface area contributed by atoms with Crippen molar-refractivity contribution in [2.75, 3.05) is 25.4 Å². The second-order valence-corrected chi connectivity index (χ2v) is 7.48. The highest BCUT2D eigenvalue weighted by Crippen LogP contribution is 2.26. The van der Waals surface area contributed by atoms with Crippen LogP contribution in [0.15, 0.2) is 53.3 Å². The molecule has 0 amide bonds. The van der Waals surface area contributed by atoms with Crippen LogP contribution in [0.1, 0.15) is 11.1 Å². The van der Waals surface area contributed by atoms with E-state index in [4.69, 9.17) is 10.5 Å². The van der Waals surface area contributed by atoms with Gasteiger partial charge < -0.3 is 20.8 Å². The summed E-state index contributed by atoms with van der Waals surface area (Å²) in [6.07, 6.45) is 1.04. The summed E-state index contributed by atoms with van der Waals surface area (Å²) in [5.41, 5.74) is 10.4. The number of morpholine rings is 1. The number of para-hydroxylation sites is 1. The summed E-state index contributed by atoms with van der Waals surface area (Å²) in [7, 11) is 0. The lowest BCUT2D eigenvalue weighted by Crippen LogP contribution is -2.39. The van der Waals surface area contributed by atoms with Gasteiger partial charge in [0.1, 0.15) is 11.3 Å². The molecule has 4 aromatic rings. The summed E-state index contributed by atoms with van der Waals surface area (Å²) in [5.74, 6) is 0.338. The zero-order valence-electron chi connectivity index (χ0n) is 16.0. The Morgan fingerprint density at radius 1 is 1.17 bits per heavy atom. The Hall–Kier alpha value is -3.16. The summed E-state index contributed by atoms with van der Waals surface area (Å²) in [6, 6.07) is 16.1. The Morgan fingerprint density at radius 3 is 2.90 bits per heavy atom. The number of rotatable bonds is 4. The maximum Gasteiger partial charge on any atom is 0.326 e. The molecule has 148 valence electrons. The van der Waals surface area contributed by atoms with Gasteiger partial charge in [0, 0.05) is 18.5 Å². The molecule has 0 radical (unpaired) electrons. The van der Waals surface area contributed by atoms with Crippen molar-refractivity contribution < 1.29 is 4.74 Å². The number of pyridine rings is 1. The van der Waals surface area contributed by atoms with Crippen molar-refractivity contribution in [3.05, 3.63) is 70.1 Å². The monoisotopic (exact) mass is 389 g/mol. The van der Waals surface area contributed by atoms with Crippen LogP contribution in [0.25, 0.3) is 21.9 Å². The number of H-pyrrole nitrogens is 1. The summed E-state index contributed by atoms with van der Waals surface area (Å²) in [4.78, 5) is 20.0. The molecule has 3 heterocycles. The number of nitrogens with two attached hydrogens (primary N) is 1. The number of hydrogen-bond acceptors (Lipinski definition) is 5. The predicted octanol–water partition coefficient (Wildman–Crippen LogP) is 2.04. The highest BCUT2D eigenvalue weighted by atomic mass is 16.5. The van der Waals surface area contributed by atoms with Crippen molar-refractivity contribution in [3.63, 3.8) is 0 Å². The van der Waals surface area contributed by atoms with Gasteiger partial charge in [-0.25, -0.2) is 9.78 Å². The van der Waals surface area contributed by atoms with Crippen molar-refractivity contribution in [2.24, 2.45) is 0 Å². The fourth-order valence-corrected chi connectivity index (χ4v) is 4.09. The molecule has 1 aliphatic rings. The average Bonchev–Trinajstić information content (AvgIpc) is 3.06. The number of anilines is 1. The van der Waals surface area contributed by atoms with Crippen molar-refractivity contribution >= 4 is 27.8 Å². The first-order valence-corrected chi connectivity index (χ1v) is 9.86. The normalized spacial score (nSPS) is 17.2. The molecule has 5 rings (SSSR count). The van der Waals surface area contributed by atoms with E-state index in [1.807, 2.05) is 36.4 Å². The molecular weight excluding hydrogens is 366 g/mol. The number of fused-ring (bicyclic) bond motifs is 3. The van der Waals surface area contributed by atoms with Crippen LogP contribution in [-0.4, -0.2) is 40.3 Å². The minimum atomic E-state index is -0.185. The third-order valence-corrected chi connectivity index (χ3v) is 5.44. The Labute approximate surface area is 167 Å². The molecular formula is C22H23N5O2. The molecule has 1 atom stereocenters. The Kier molecular flexibility index (Phi) is 4.54. The first-order valence-electron chi connectivity index (χ1n) is 9.86. The second-order valence-electron chi connectivity index (χ2n) is 7.48. The minimum Gasteiger partial charge on any atom is -0.382 e. The number of benzene rings is 2. The van der Waals surface area contributed by atoms with Gasteiger partial charge in [-0.15, -0.1) is 0 Å². The van der Waals surface area contributed by atoms with E-state index < -0.39 is 0 Å². The summed E-state index contributed by atoms with van der Waals surface area (Å²) in [6.45, 7) is 2.98. The maximum atomic E-state index is 12.7. The molecule has 1 saturated heterocycles. The number of hydrogen-bond donors (Lipinski definition) is 3. The summed E-state index contributed by atoms with van der Waals surface area (Å²) in [5, 5.41) is 4.27. The lowest BCUT2D eigenvalue weighted by Gasteiger charge is -2.23. The maximum absolute atomic E-state index is 12.7. The van der Waals surface area contributed by atoms with E-state index in [1.165, 1.54) is 5.56 Å². The number of aromatic amines is 1. The van der Waals surface area contributed by atoms with Crippen molar-refractivity contribution in [2.45, 2.75) is 19.1 Å². The molecule has 1 unspecified atom stereocenters. The zero-order valence-corrected chi connectivity index (χ0v) is 16.0. The highest BCUT2D eigenvalue weighted by molar-refractivity contribution is 6.06. The van der Waals surface area contributed by atoms with E-state index in [9.17, 15) is 4.79 Å². The van der Waals surface area contributed by atoms with Crippen molar-refractivity contribution in [3.8, 4) is 0 Å². The van der Waals surface area contributed by atoms with Crippen LogP contribution >= 0.6 is 0 Å². The Bertz CT molecular complexity index is 1240. The zero-order chi connectivity index (χ0) is 19.8. The standard InChI is InChI=1S/C22H23N5O2/c23-21-19-20(17-6-1-2-7-18(17)25-21)27(22(28)26-19)13-15-5-3-4-14(10-15)11-16-12-24-8-9-29-16/h1-7,10,16,24H,8-9,11-13H2,(H2,23,25)(H,26,28). The minimum absolute atomic E-state index is 0.185. The van der Waals surface area contributed by atoms with E-state index in [0.717, 1.165) is 48.1 Å². The molecule has 2 aromatic carbocycles. The van der Waals surface area contributed by atoms with Crippen LogP contribution < -0.4 is 16.7 Å². The third-order valence-electron chi connectivity index (χ3n) is 5.44. The van der Waals surface area contributed by atoms with E-state index in [-0.39, 0.29) is 11.8 Å². The van der Waals surface area contributed by atoms with E-state index in [2.05, 4.69) is 27.4 Å². The molecule has 0 spiro atoms. The topological polar surface area (TPSA) is 98.0 Å². The SMILES string of the molecule is Nc1nc2ccccc2c2c1[nH]c(=O)n2Cc1cccc(CC2CNCCO2)c1. The molecule has 1 aliphatic heterocycles. The van der Waals surface area contributed by atoms with Crippen molar-refractivity contribution in [1.82, 2.24) is 19.9 Å². The smallest absolute Gasteiger partial charge is 0.326 e. The molecule has 0 aliphatic carbocycles. The quantitative estimate of drug-likeness (QED) is 0.496. The Balaban J connectivity index is 1.53. The van der Waals surface area contributed by atoms with Gasteiger partial charge in [-0.2, -0.15) is 0 Å². The molecule has 29 heavy (non-hydrogen) atoms. The van der Waals surface area contributed by atoms with Gasteiger partial charge in [-0.3, -0.25) is 4.57 Å². The van der Waals surface area contributed by atoms with Crippen LogP contribution in [0.3, 0.4) is 0 Å². The number of aromatic nitrogens is 3. The molecule has 0 saturated carbocycles. The summed E-state index contributed by atoms with van der Waals surface area (Å²) < 4.78 is 7.57. The molecule has 7 nitrogen and oxygen atoms in total. The number of nitrogens with zero attached hydrogens (tertiary/aromatic N) is 2. The van der Waals surface area contributed by atoms with E-state index in [0.29, 0.717) is 17.9 Å². The molecule has 4 N–H and O–H groups in total. The van der Waals surface area contributed by atoms with Gasteiger partial charge in [0.2, 0.25) is 0 Å². The van der Waals surface area contributed by atoms with Gasteiger partial charge in [0.25, 0.3) is 0 Å². The van der Waals surface area contributed by atoms with Crippen LogP contribution in [-0.2, 0) is 17.7 Å². The number of ether oxygens (including phenoxy) is 1. The molecule has 0 bridgehead atoms. The third kappa shape index (κ3) is 3.39. The second kappa shape index (κ2) is 7.35. The van der Waals surface area contributed by atoms with Crippen LogP contribution in [0.5, 0.6) is 0 Å². The number of imidazole rings is 1. The predicted molar refractivity (Wildman–Crippen MR) is 114 cm³/mol. The average molecular weight is 389 g/mol. The molecule has 1 fully saturated rings. The highest BCUT2D eigenvalue weighted by Gasteiger charge is 2.16. The van der Waals surface area contributed by atoms with Crippen molar-refractivity contribution in [1.29, 1.82) is 0 Å². The van der Waals surface area contributed by atoms with E-state index in [1.54, 1.807) is 4.57 Å². The molecule has 2 aromatic heterocycles. The first kappa shape index (κ1) is 17.9. The largest absolute Gasteiger partial charge is 0.382 e. The number of nitrogens with one attached hydrogen (secondary N) is 2.